The average molecular weight is 316 g/mol. The summed E-state index contributed by atoms with van der Waals surface area (Å²) in [6.45, 7) is 4.99. The maximum Gasteiger partial charge on any atom is 0.415 e. The molecular weight excluding hydrogens is 301 g/mol. The molecule has 1 aliphatic heterocycles. The Morgan fingerprint density at radius 3 is 2.57 bits per heavy atom. The first kappa shape index (κ1) is 15.6. The van der Waals surface area contributed by atoms with Crippen molar-refractivity contribution in [3.05, 3.63) is 28.5 Å². The topological polar surface area (TPSA) is 66.8 Å². The summed E-state index contributed by atoms with van der Waals surface area (Å²) < 4.78 is 18.7. The SMILES string of the molecule is CC(C)(C)OC(=O)N1c2cc(F)cc(Cl)c2C[C@@H]1C(=O)O. The number of aliphatic carboxylic acids is 1. The van der Waals surface area contributed by atoms with E-state index >= 15 is 0 Å². The number of carbonyl (C=O) groups excluding carboxylic acids is 1. The zero-order chi connectivity index (χ0) is 15.9. The van der Waals surface area contributed by atoms with Gasteiger partial charge in [-0.3, -0.25) is 4.90 Å². The van der Waals surface area contributed by atoms with Gasteiger partial charge in [-0.2, -0.15) is 0 Å². The van der Waals surface area contributed by atoms with Crippen molar-refractivity contribution in [1.29, 1.82) is 0 Å². The van der Waals surface area contributed by atoms with E-state index in [1.165, 1.54) is 0 Å². The van der Waals surface area contributed by atoms with E-state index in [1.54, 1.807) is 20.8 Å². The lowest BCUT2D eigenvalue weighted by Crippen LogP contribution is -2.45. The maximum atomic E-state index is 13.5. The second-order valence-corrected chi connectivity index (χ2v) is 6.20. The van der Waals surface area contributed by atoms with Crippen LogP contribution in [0.3, 0.4) is 0 Å². The summed E-state index contributed by atoms with van der Waals surface area (Å²) >= 11 is 5.94. The highest BCUT2D eigenvalue weighted by Gasteiger charge is 2.41. The molecule has 0 spiro atoms. The number of benzene rings is 1. The smallest absolute Gasteiger partial charge is 0.415 e. The number of halogens is 2. The van der Waals surface area contributed by atoms with Gasteiger partial charge in [0.05, 0.1) is 5.69 Å². The van der Waals surface area contributed by atoms with Gasteiger partial charge >= 0.3 is 12.1 Å². The van der Waals surface area contributed by atoms with Gasteiger partial charge in [0.2, 0.25) is 0 Å². The molecule has 0 bridgehead atoms. The molecule has 1 aromatic rings. The van der Waals surface area contributed by atoms with Gasteiger partial charge in [-0.15, -0.1) is 0 Å². The number of fused-ring (bicyclic) bond motifs is 1. The van der Waals surface area contributed by atoms with E-state index < -0.39 is 29.5 Å². The molecule has 114 valence electrons. The van der Waals surface area contributed by atoms with Crippen LogP contribution in [0.15, 0.2) is 12.1 Å². The molecule has 1 aromatic carbocycles. The lowest BCUT2D eigenvalue weighted by molar-refractivity contribution is -0.138. The summed E-state index contributed by atoms with van der Waals surface area (Å²) in [7, 11) is 0. The first-order chi connectivity index (χ1) is 9.60. The molecule has 2 rings (SSSR count). The molecule has 0 aliphatic carbocycles. The lowest BCUT2D eigenvalue weighted by atomic mass is 10.1. The van der Waals surface area contributed by atoms with Crippen LogP contribution in [0, 0.1) is 5.82 Å². The molecular formula is C14H15ClFNO4. The average Bonchev–Trinajstić information content (AvgIpc) is 2.66. The number of amides is 1. The fourth-order valence-corrected chi connectivity index (χ4v) is 2.47. The van der Waals surface area contributed by atoms with Crippen LogP contribution in [0.4, 0.5) is 14.9 Å². The van der Waals surface area contributed by atoms with Crippen LogP contribution in [0.1, 0.15) is 26.3 Å². The Morgan fingerprint density at radius 2 is 2.05 bits per heavy atom. The fraction of sp³-hybridized carbons (Fsp3) is 0.429. The van der Waals surface area contributed by atoms with E-state index in [4.69, 9.17) is 16.3 Å². The van der Waals surface area contributed by atoms with E-state index in [0.29, 0.717) is 5.56 Å². The number of nitrogens with zero attached hydrogens (tertiary/aromatic N) is 1. The molecule has 0 fully saturated rings. The Bertz CT molecular complexity index is 612. The molecule has 7 heteroatoms. The predicted octanol–water partition coefficient (Wildman–Crippen LogP) is 3.23. The third-order valence-corrected chi connectivity index (χ3v) is 3.32. The normalized spacial score (nSPS) is 17.6. The number of anilines is 1. The van der Waals surface area contributed by atoms with Crippen LogP contribution in [-0.2, 0) is 16.0 Å². The van der Waals surface area contributed by atoms with Gasteiger partial charge in [-0.25, -0.2) is 14.0 Å². The highest BCUT2D eigenvalue weighted by atomic mass is 35.5. The second-order valence-electron chi connectivity index (χ2n) is 5.79. The Balaban J connectivity index is 2.47. The summed E-state index contributed by atoms with van der Waals surface area (Å²) in [5, 5.41) is 9.38. The number of carboxylic acid groups (broad SMARTS) is 1. The Labute approximate surface area is 126 Å². The van der Waals surface area contributed by atoms with E-state index in [9.17, 15) is 19.1 Å². The van der Waals surface area contributed by atoms with Gasteiger partial charge in [-0.1, -0.05) is 11.6 Å². The summed E-state index contributed by atoms with van der Waals surface area (Å²) in [6, 6.07) is 1.03. The monoisotopic (exact) mass is 315 g/mol. The molecule has 5 nitrogen and oxygen atoms in total. The number of rotatable bonds is 1. The molecule has 21 heavy (non-hydrogen) atoms. The zero-order valence-electron chi connectivity index (χ0n) is 11.8. The minimum absolute atomic E-state index is 0.0169. The minimum Gasteiger partial charge on any atom is -0.480 e. The van der Waals surface area contributed by atoms with Crippen LogP contribution in [-0.4, -0.2) is 28.8 Å². The molecule has 0 aromatic heterocycles. The van der Waals surface area contributed by atoms with Crippen molar-refractivity contribution in [3.63, 3.8) is 0 Å². The van der Waals surface area contributed by atoms with Gasteiger partial charge in [-0.05, 0) is 38.5 Å². The van der Waals surface area contributed by atoms with Crippen molar-refractivity contribution in [2.45, 2.75) is 38.8 Å². The molecule has 1 atom stereocenters. The van der Waals surface area contributed by atoms with E-state index in [1.807, 2.05) is 0 Å². The van der Waals surface area contributed by atoms with Crippen molar-refractivity contribution in [3.8, 4) is 0 Å². The highest BCUT2D eigenvalue weighted by molar-refractivity contribution is 6.32. The number of hydrogen-bond donors (Lipinski definition) is 1. The summed E-state index contributed by atoms with van der Waals surface area (Å²) in [6.07, 6.45) is -0.821. The van der Waals surface area contributed by atoms with Crippen LogP contribution in [0.5, 0.6) is 0 Å². The summed E-state index contributed by atoms with van der Waals surface area (Å²) in [5.41, 5.74) is -0.224. The van der Waals surface area contributed by atoms with Crippen molar-refractivity contribution in [2.24, 2.45) is 0 Å². The summed E-state index contributed by atoms with van der Waals surface area (Å²) in [5.74, 6) is -1.84. The first-order valence-corrected chi connectivity index (χ1v) is 6.71. The third-order valence-electron chi connectivity index (χ3n) is 2.98. The molecule has 1 heterocycles. The molecule has 0 saturated carbocycles. The minimum atomic E-state index is -1.20. The van der Waals surface area contributed by atoms with Crippen molar-refractivity contribution < 1.29 is 23.8 Å². The number of carboxylic acids is 1. The molecule has 0 radical (unpaired) electrons. The maximum absolute atomic E-state index is 13.5. The van der Waals surface area contributed by atoms with Crippen LogP contribution >= 0.6 is 11.6 Å². The van der Waals surface area contributed by atoms with Crippen molar-refractivity contribution in [2.75, 3.05) is 4.90 Å². The van der Waals surface area contributed by atoms with Crippen LogP contribution < -0.4 is 4.90 Å². The van der Waals surface area contributed by atoms with Gasteiger partial charge in [0.1, 0.15) is 17.5 Å². The zero-order valence-corrected chi connectivity index (χ0v) is 12.6. The quantitative estimate of drug-likeness (QED) is 0.864. The molecule has 1 N–H and O–H groups in total. The van der Waals surface area contributed by atoms with Crippen molar-refractivity contribution >= 4 is 29.4 Å². The Hall–Kier alpha value is -1.82. The van der Waals surface area contributed by atoms with E-state index in [0.717, 1.165) is 17.0 Å². The van der Waals surface area contributed by atoms with E-state index in [-0.39, 0.29) is 17.1 Å². The number of carbonyl (C=O) groups is 2. The largest absolute Gasteiger partial charge is 0.480 e. The van der Waals surface area contributed by atoms with Gasteiger partial charge in [0.25, 0.3) is 0 Å². The molecule has 1 aliphatic rings. The van der Waals surface area contributed by atoms with Crippen LogP contribution in [0.2, 0.25) is 5.02 Å². The third kappa shape index (κ3) is 3.10. The molecule has 0 saturated heterocycles. The Morgan fingerprint density at radius 1 is 1.43 bits per heavy atom. The van der Waals surface area contributed by atoms with Crippen LogP contribution in [0.25, 0.3) is 0 Å². The molecule has 1 amide bonds. The van der Waals surface area contributed by atoms with Gasteiger partial charge < -0.3 is 9.84 Å². The second kappa shape index (κ2) is 5.18. The highest BCUT2D eigenvalue weighted by Crippen LogP contribution is 2.38. The molecule has 0 unspecified atom stereocenters. The first-order valence-electron chi connectivity index (χ1n) is 6.33. The van der Waals surface area contributed by atoms with Crippen molar-refractivity contribution in [1.82, 2.24) is 0 Å². The number of ether oxygens (including phenoxy) is 1. The standard InChI is InChI=1S/C14H15ClFNO4/c1-14(2,3)21-13(20)17-10-5-7(16)4-9(15)8(10)6-11(17)12(18)19/h4-5,11H,6H2,1-3H3,(H,18,19)/t11-/m1/s1. The fourth-order valence-electron chi connectivity index (χ4n) is 2.19. The van der Waals surface area contributed by atoms with E-state index in [2.05, 4.69) is 0 Å². The number of hydrogen-bond acceptors (Lipinski definition) is 3. The predicted molar refractivity (Wildman–Crippen MR) is 75.3 cm³/mol. The van der Waals surface area contributed by atoms with Gasteiger partial charge in [0.15, 0.2) is 0 Å². The summed E-state index contributed by atoms with van der Waals surface area (Å²) in [4.78, 5) is 24.5. The van der Waals surface area contributed by atoms with Gasteiger partial charge in [0, 0.05) is 11.4 Å². The lowest BCUT2D eigenvalue weighted by Gasteiger charge is -2.27. The Kier molecular flexibility index (Phi) is 3.84.